The molecule has 0 aromatic carbocycles. The van der Waals surface area contributed by atoms with Crippen LogP contribution in [0, 0.1) is 12.3 Å². The van der Waals surface area contributed by atoms with Crippen molar-refractivity contribution in [1.29, 1.82) is 0 Å². The van der Waals surface area contributed by atoms with Crippen molar-refractivity contribution >= 4 is 29.3 Å². The van der Waals surface area contributed by atoms with Crippen LogP contribution < -0.4 is 0 Å². The largest absolute Gasteiger partial charge is 0.481 e. The maximum Gasteiger partial charge on any atom is 0.311 e. The van der Waals surface area contributed by atoms with Crippen molar-refractivity contribution in [2.24, 2.45) is 5.41 Å². The number of nitrogens with zero attached hydrogens (tertiary/aromatic N) is 1. The van der Waals surface area contributed by atoms with Gasteiger partial charge in [-0.05, 0) is 38.0 Å². The average Bonchev–Trinajstić information content (AvgIpc) is 3.04. The van der Waals surface area contributed by atoms with E-state index in [0.717, 1.165) is 11.3 Å². The van der Waals surface area contributed by atoms with E-state index in [0.29, 0.717) is 25.9 Å². The molecule has 21 heavy (non-hydrogen) atoms. The Bertz CT molecular complexity index is 564. The molecule has 114 valence electrons. The Morgan fingerprint density at radius 2 is 2.24 bits per heavy atom. The highest BCUT2D eigenvalue weighted by Crippen LogP contribution is 2.35. The SMILES string of the molecule is CCCC1(C(=O)O)CCN(C(=O)C=Cc2ccc(C)s2)C1. The predicted octanol–water partition coefficient (Wildman–Crippen LogP) is 3.17. The number of hydrogen-bond acceptors (Lipinski definition) is 3. The zero-order valence-electron chi connectivity index (χ0n) is 12.5. The molecule has 1 aliphatic rings. The Kier molecular flexibility index (Phi) is 4.83. The summed E-state index contributed by atoms with van der Waals surface area (Å²) in [5.74, 6) is -0.877. The lowest BCUT2D eigenvalue weighted by atomic mass is 9.83. The second kappa shape index (κ2) is 6.43. The normalized spacial score (nSPS) is 22.1. The summed E-state index contributed by atoms with van der Waals surface area (Å²) in [4.78, 5) is 27.6. The van der Waals surface area contributed by atoms with Gasteiger partial charge in [-0.2, -0.15) is 0 Å². The van der Waals surface area contributed by atoms with E-state index in [2.05, 4.69) is 0 Å². The predicted molar refractivity (Wildman–Crippen MR) is 84.3 cm³/mol. The van der Waals surface area contributed by atoms with Gasteiger partial charge in [-0.25, -0.2) is 0 Å². The number of rotatable bonds is 5. The summed E-state index contributed by atoms with van der Waals surface area (Å²) in [6, 6.07) is 3.99. The molecule has 1 amide bonds. The van der Waals surface area contributed by atoms with Gasteiger partial charge in [0.05, 0.1) is 5.41 Å². The fourth-order valence-electron chi connectivity index (χ4n) is 2.83. The van der Waals surface area contributed by atoms with Gasteiger partial charge in [0, 0.05) is 28.9 Å². The topological polar surface area (TPSA) is 57.6 Å². The van der Waals surface area contributed by atoms with Crippen LogP contribution in [0.5, 0.6) is 0 Å². The van der Waals surface area contributed by atoms with Crippen molar-refractivity contribution in [3.8, 4) is 0 Å². The quantitative estimate of drug-likeness (QED) is 0.850. The number of thiophene rings is 1. The molecule has 5 heteroatoms. The van der Waals surface area contributed by atoms with Crippen LogP contribution in [0.15, 0.2) is 18.2 Å². The highest BCUT2D eigenvalue weighted by Gasteiger charge is 2.44. The van der Waals surface area contributed by atoms with Crippen molar-refractivity contribution in [2.45, 2.75) is 33.1 Å². The first-order valence-corrected chi connectivity index (χ1v) is 8.05. The Morgan fingerprint density at radius 1 is 1.48 bits per heavy atom. The van der Waals surface area contributed by atoms with E-state index in [-0.39, 0.29) is 5.91 Å². The van der Waals surface area contributed by atoms with Gasteiger partial charge in [-0.3, -0.25) is 9.59 Å². The smallest absolute Gasteiger partial charge is 0.311 e. The standard InChI is InChI=1S/C16H21NO3S/c1-3-8-16(15(19)20)9-10-17(11-16)14(18)7-6-13-5-4-12(2)21-13/h4-7H,3,8-11H2,1-2H3,(H,19,20). The molecular formula is C16H21NO3S. The van der Waals surface area contributed by atoms with Crippen LogP contribution in [0.25, 0.3) is 6.08 Å². The minimum absolute atomic E-state index is 0.0970. The van der Waals surface area contributed by atoms with Crippen LogP contribution in [0.2, 0.25) is 0 Å². The molecule has 0 bridgehead atoms. The number of aliphatic carboxylic acids is 1. The maximum absolute atomic E-state index is 12.2. The van der Waals surface area contributed by atoms with Crippen LogP contribution in [-0.4, -0.2) is 35.0 Å². The summed E-state index contributed by atoms with van der Waals surface area (Å²) in [7, 11) is 0. The highest BCUT2D eigenvalue weighted by atomic mass is 32.1. The molecule has 1 fully saturated rings. The Labute approximate surface area is 129 Å². The van der Waals surface area contributed by atoms with Crippen molar-refractivity contribution in [3.05, 3.63) is 28.0 Å². The molecule has 1 aromatic heterocycles. The number of hydrogen-bond donors (Lipinski definition) is 1. The third kappa shape index (κ3) is 3.53. The van der Waals surface area contributed by atoms with Gasteiger partial charge in [-0.1, -0.05) is 13.3 Å². The Balaban J connectivity index is 2.01. The first-order chi connectivity index (χ1) is 9.97. The van der Waals surface area contributed by atoms with Crippen molar-refractivity contribution in [3.63, 3.8) is 0 Å². The fourth-order valence-corrected chi connectivity index (χ4v) is 3.61. The molecule has 0 radical (unpaired) electrons. The summed E-state index contributed by atoms with van der Waals surface area (Å²) in [6.07, 6.45) is 5.35. The monoisotopic (exact) mass is 307 g/mol. The number of likely N-dealkylation sites (tertiary alicyclic amines) is 1. The van der Waals surface area contributed by atoms with E-state index in [1.165, 1.54) is 4.88 Å². The summed E-state index contributed by atoms with van der Waals surface area (Å²) in [5, 5.41) is 9.45. The third-order valence-corrected chi connectivity index (χ3v) is 4.96. The van der Waals surface area contributed by atoms with Crippen LogP contribution in [0.4, 0.5) is 0 Å². The Hall–Kier alpha value is -1.62. The number of carbonyl (C=O) groups is 2. The maximum atomic E-state index is 12.2. The number of carboxylic acid groups (broad SMARTS) is 1. The van der Waals surface area contributed by atoms with Crippen molar-refractivity contribution in [1.82, 2.24) is 4.90 Å². The molecule has 0 aliphatic carbocycles. The van der Waals surface area contributed by atoms with Gasteiger partial charge in [0.15, 0.2) is 0 Å². The zero-order valence-corrected chi connectivity index (χ0v) is 13.3. The van der Waals surface area contributed by atoms with E-state index >= 15 is 0 Å². The highest BCUT2D eigenvalue weighted by molar-refractivity contribution is 7.12. The minimum atomic E-state index is -0.780. The van der Waals surface area contributed by atoms with Gasteiger partial charge in [0.25, 0.3) is 0 Å². The van der Waals surface area contributed by atoms with E-state index in [9.17, 15) is 14.7 Å². The van der Waals surface area contributed by atoms with E-state index in [1.54, 1.807) is 28.4 Å². The van der Waals surface area contributed by atoms with Crippen LogP contribution >= 0.6 is 11.3 Å². The molecule has 4 nitrogen and oxygen atoms in total. The summed E-state index contributed by atoms with van der Waals surface area (Å²) < 4.78 is 0. The van der Waals surface area contributed by atoms with Crippen molar-refractivity contribution in [2.75, 3.05) is 13.1 Å². The molecule has 1 aromatic rings. The number of amides is 1. The average molecular weight is 307 g/mol. The lowest BCUT2D eigenvalue weighted by Crippen LogP contribution is -2.36. The van der Waals surface area contributed by atoms with Gasteiger partial charge in [0.2, 0.25) is 5.91 Å². The summed E-state index contributed by atoms with van der Waals surface area (Å²) in [6.45, 7) is 4.85. The van der Waals surface area contributed by atoms with Crippen LogP contribution in [0.3, 0.4) is 0 Å². The van der Waals surface area contributed by atoms with Gasteiger partial charge in [-0.15, -0.1) is 11.3 Å². The molecule has 1 atom stereocenters. The van der Waals surface area contributed by atoms with E-state index in [1.807, 2.05) is 26.0 Å². The zero-order chi connectivity index (χ0) is 15.5. The molecule has 1 N–H and O–H groups in total. The van der Waals surface area contributed by atoms with Gasteiger partial charge >= 0.3 is 5.97 Å². The molecule has 1 saturated heterocycles. The van der Waals surface area contributed by atoms with Crippen molar-refractivity contribution < 1.29 is 14.7 Å². The first-order valence-electron chi connectivity index (χ1n) is 7.24. The number of carboxylic acids is 1. The Morgan fingerprint density at radius 3 is 2.81 bits per heavy atom. The summed E-state index contributed by atoms with van der Waals surface area (Å²) >= 11 is 1.63. The van der Waals surface area contributed by atoms with Crippen LogP contribution in [0.1, 0.15) is 35.9 Å². The van der Waals surface area contributed by atoms with Gasteiger partial charge in [0.1, 0.15) is 0 Å². The first kappa shape index (κ1) is 15.8. The number of aryl methyl sites for hydroxylation is 1. The molecule has 1 unspecified atom stereocenters. The van der Waals surface area contributed by atoms with E-state index < -0.39 is 11.4 Å². The molecule has 0 saturated carbocycles. The fraction of sp³-hybridized carbons (Fsp3) is 0.500. The second-order valence-corrected chi connectivity index (χ2v) is 6.95. The molecular weight excluding hydrogens is 286 g/mol. The molecule has 2 rings (SSSR count). The molecule has 2 heterocycles. The lowest BCUT2D eigenvalue weighted by Gasteiger charge is -2.23. The number of carbonyl (C=O) groups excluding carboxylic acids is 1. The lowest BCUT2D eigenvalue weighted by molar-refractivity contribution is -0.148. The second-order valence-electron chi connectivity index (χ2n) is 5.63. The molecule has 1 aliphatic heterocycles. The molecule has 0 spiro atoms. The minimum Gasteiger partial charge on any atom is -0.481 e. The van der Waals surface area contributed by atoms with Gasteiger partial charge < -0.3 is 10.0 Å². The third-order valence-electron chi connectivity index (χ3n) is 4.00. The summed E-state index contributed by atoms with van der Waals surface area (Å²) in [5.41, 5.74) is -0.752. The van der Waals surface area contributed by atoms with E-state index in [4.69, 9.17) is 0 Å². The van der Waals surface area contributed by atoms with Crippen LogP contribution in [-0.2, 0) is 9.59 Å².